The van der Waals surface area contributed by atoms with Crippen LogP contribution in [0.2, 0.25) is 0 Å². The number of carboxylic acids is 1. The van der Waals surface area contributed by atoms with E-state index in [1.165, 1.54) is 6.07 Å². The van der Waals surface area contributed by atoms with Gasteiger partial charge in [-0.2, -0.15) is 0 Å². The highest BCUT2D eigenvalue weighted by atomic mass is 79.9. The second-order valence-corrected chi connectivity index (χ2v) is 4.80. The molecule has 0 fully saturated rings. The van der Waals surface area contributed by atoms with Crippen molar-refractivity contribution in [2.75, 3.05) is 20.3 Å². The van der Waals surface area contributed by atoms with E-state index >= 15 is 0 Å². The summed E-state index contributed by atoms with van der Waals surface area (Å²) < 4.78 is 10.9. The number of nitrogens with one attached hydrogen (secondary N) is 1. The number of carbonyl (C=O) groups is 1. The Morgan fingerprint density at radius 3 is 2.95 bits per heavy atom. The molecule has 0 atom stereocenters. The Hall–Kier alpha value is -1.44. The average Bonchev–Trinajstić information content (AvgIpc) is 2.76. The first kappa shape index (κ1) is 14.0. The highest BCUT2D eigenvalue weighted by molar-refractivity contribution is 9.10. The highest BCUT2D eigenvalue weighted by Gasteiger charge is 2.14. The number of rotatable bonds is 6. The van der Waals surface area contributed by atoms with Crippen LogP contribution in [0.25, 0.3) is 11.0 Å². The normalized spacial score (nSPS) is 11.1. The molecule has 2 N–H and O–H groups in total. The molecule has 2 aromatic rings. The van der Waals surface area contributed by atoms with Gasteiger partial charge in [-0.3, -0.25) is 0 Å². The van der Waals surface area contributed by atoms with Gasteiger partial charge >= 0.3 is 5.97 Å². The lowest BCUT2D eigenvalue weighted by atomic mass is 10.2. The predicted octanol–water partition coefficient (Wildman–Crippen LogP) is 2.19. The van der Waals surface area contributed by atoms with Crippen molar-refractivity contribution in [1.29, 1.82) is 0 Å². The number of nitrogens with zero attached hydrogens (tertiary/aromatic N) is 1. The molecule has 102 valence electrons. The summed E-state index contributed by atoms with van der Waals surface area (Å²) in [5.41, 5.74) is 1.25. The number of ether oxygens (including phenoxy) is 2. The van der Waals surface area contributed by atoms with Gasteiger partial charge in [0.2, 0.25) is 0 Å². The Labute approximate surface area is 117 Å². The second-order valence-electron chi connectivity index (χ2n) is 3.88. The van der Waals surface area contributed by atoms with Crippen molar-refractivity contribution in [3.8, 4) is 0 Å². The Kier molecular flexibility index (Phi) is 4.52. The number of methoxy groups -OCH3 is 1. The number of H-pyrrole nitrogens is 1. The summed E-state index contributed by atoms with van der Waals surface area (Å²) >= 11 is 3.28. The molecule has 0 aliphatic rings. The first-order valence-electron chi connectivity index (χ1n) is 5.60. The number of carboxylic acid groups (broad SMARTS) is 1. The lowest BCUT2D eigenvalue weighted by Gasteiger charge is -1.99. The van der Waals surface area contributed by atoms with E-state index in [1.54, 1.807) is 13.2 Å². The monoisotopic (exact) mass is 328 g/mol. The summed E-state index contributed by atoms with van der Waals surface area (Å²) in [5, 5.41) is 9.14. The largest absolute Gasteiger partial charge is 0.478 e. The average molecular weight is 329 g/mol. The summed E-state index contributed by atoms with van der Waals surface area (Å²) in [4.78, 5) is 18.4. The van der Waals surface area contributed by atoms with Crippen LogP contribution < -0.4 is 0 Å². The van der Waals surface area contributed by atoms with E-state index in [0.717, 1.165) is 0 Å². The molecular formula is C12H13BrN2O4. The number of aromatic nitrogens is 2. The van der Waals surface area contributed by atoms with Crippen LogP contribution in [0.4, 0.5) is 0 Å². The van der Waals surface area contributed by atoms with Crippen LogP contribution in [0.15, 0.2) is 16.6 Å². The molecule has 1 aromatic heterocycles. The van der Waals surface area contributed by atoms with Crippen LogP contribution in [-0.2, 0) is 16.1 Å². The number of halogens is 1. The van der Waals surface area contributed by atoms with Crippen LogP contribution in [0, 0.1) is 0 Å². The van der Waals surface area contributed by atoms with Gasteiger partial charge in [-0.05, 0) is 12.1 Å². The molecule has 0 saturated heterocycles. The fourth-order valence-corrected chi connectivity index (χ4v) is 2.13. The summed E-state index contributed by atoms with van der Waals surface area (Å²) in [7, 11) is 1.60. The Bertz CT molecular complexity index is 597. The van der Waals surface area contributed by atoms with Gasteiger partial charge in [0.15, 0.2) is 0 Å². The topological polar surface area (TPSA) is 84.4 Å². The van der Waals surface area contributed by atoms with Crippen LogP contribution in [0.1, 0.15) is 16.2 Å². The maximum atomic E-state index is 11.2. The number of imidazole rings is 1. The SMILES string of the molecule is COCCOCc1nc2c(C(=O)O)cc(Br)cc2[nH]1. The number of benzene rings is 1. The van der Waals surface area contributed by atoms with Crippen LogP contribution in [-0.4, -0.2) is 41.4 Å². The van der Waals surface area contributed by atoms with Crippen molar-refractivity contribution in [3.63, 3.8) is 0 Å². The number of hydrogen-bond donors (Lipinski definition) is 2. The van der Waals surface area contributed by atoms with Gasteiger partial charge in [-0.15, -0.1) is 0 Å². The van der Waals surface area contributed by atoms with Gasteiger partial charge in [0.05, 0.1) is 24.3 Å². The van der Waals surface area contributed by atoms with Crippen LogP contribution >= 0.6 is 15.9 Å². The van der Waals surface area contributed by atoms with Gasteiger partial charge in [0.25, 0.3) is 0 Å². The number of hydrogen-bond acceptors (Lipinski definition) is 4. The maximum Gasteiger partial charge on any atom is 0.338 e. The molecule has 0 aliphatic heterocycles. The quantitative estimate of drug-likeness (QED) is 0.794. The van der Waals surface area contributed by atoms with E-state index in [4.69, 9.17) is 14.6 Å². The zero-order chi connectivity index (χ0) is 13.8. The maximum absolute atomic E-state index is 11.2. The zero-order valence-electron chi connectivity index (χ0n) is 10.3. The van der Waals surface area contributed by atoms with Gasteiger partial charge in [-0.1, -0.05) is 15.9 Å². The van der Waals surface area contributed by atoms with Crippen molar-refractivity contribution in [2.45, 2.75) is 6.61 Å². The van der Waals surface area contributed by atoms with Crippen LogP contribution in [0.5, 0.6) is 0 Å². The first-order valence-corrected chi connectivity index (χ1v) is 6.39. The van der Waals surface area contributed by atoms with E-state index in [9.17, 15) is 4.79 Å². The molecular weight excluding hydrogens is 316 g/mol. The van der Waals surface area contributed by atoms with Gasteiger partial charge in [-0.25, -0.2) is 9.78 Å². The molecule has 0 spiro atoms. The summed E-state index contributed by atoms with van der Waals surface area (Å²) in [6.07, 6.45) is 0. The Morgan fingerprint density at radius 2 is 2.26 bits per heavy atom. The molecule has 0 radical (unpaired) electrons. The fraction of sp³-hybridized carbons (Fsp3) is 0.333. The minimum atomic E-state index is -1.01. The molecule has 1 aromatic carbocycles. The molecule has 0 bridgehead atoms. The standard InChI is InChI=1S/C12H13BrN2O4/c1-18-2-3-19-6-10-14-9-5-7(13)4-8(12(16)17)11(9)15-10/h4-5H,2-3,6H2,1H3,(H,14,15)(H,16,17). The fourth-order valence-electron chi connectivity index (χ4n) is 1.68. The molecule has 0 saturated carbocycles. The minimum Gasteiger partial charge on any atom is -0.478 e. The van der Waals surface area contributed by atoms with Gasteiger partial charge in [0, 0.05) is 11.6 Å². The summed E-state index contributed by atoms with van der Waals surface area (Å²) in [6.45, 7) is 1.25. The molecule has 0 unspecified atom stereocenters. The van der Waals surface area contributed by atoms with Crippen molar-refractivity contribution < 1.29 is 19.4 Å². The third-order valence-electron chi connectivity index (χ3n) is 2.50. The number of aromatic carboxylic acids is 1. The molecule has 0 amide bonds. The van der Waals surface area contributed by atoms with Crippen molar-refractivity contribution in [1.82, 2.24) is 9.97 Å². The van der Waals surface area contributed by atoms with E-state index in [2.05, 4.69) is 25.9 Å². The molecule has 2 rings (SSSR count). The zero-order valence-corrected chi connectivity index (χ0v) is 11.9. The molecule has 1 heterocycles. The van der Waals surface area contributed by atoms with E-state index in [-0.39, 0.29) is 12.2 Å². The molecule has 6 nitrogen and oxygen atoms in total. The smallest absolute Gasteiger partial charge is 0.338 e. The number of fused-ring (bicyclic) bond motifs is 1. The van der Waals surface area contributed by atoms with E-state index < -0.39 is 5.97 Å². The molecule has 19 heavy (non-hydrogen) atoms. The van der Waals surface area contributed by atoms with Gasteiger partial charge in [0.1, 0.15) is 17.9 Å². The van der Waals surface area contributed by atoms with Crippen molar-refractivity contribution in [2.24, 2.45) is 0 Å². The highest BCUT2D eigenvalue weighted by Crippen LogP contribution is 2.23. The first-order chi connectivity index (χ1) is 9.11. The lowest BCUT2D eigenvalue weighted by molar-refractivity contribution is 0.0590. The minimum absolute atomic E-state index is 0.156. The predicted molar refractivity (Wildman–Crippen MR) is 72.3 cm³/mol. The Morgan fingerprint density at radius 1 is 1.47 bits per heavy atom. The Balaban J connectivity index is 2.24. The molecule has 7 heteroatoms. The van der Waals surface area contributed by atoms with E-state index in [1.807, 2.05) is 0 Å². The third kappa shape index (κ3) is 3.31. The summed E-state index contributed by atoms with van der Waals surface area (Å²) in [5.74, 6) is -0.420. The van der Waals surface area contributed by atoms with Crippen molar-refractivity contribution >= 4 is 32.9 Å². The third-order valence-corrected chi connectivity index (χ3v) is 2.96. The van der Waals surface area contributed by atoms with Crippen molar-refractivity contribution in [3.05, 3.63) is 28.0 Å². The second kappa shape index (κ2) is 6.14. The molecule has 0 aliphatic carbocycles. The van der Waals surface area contributed by atoms with Crippen LogP contribution in [0.3, 0.4) is 0 Å². The van der Waals surface area contributed by atoms with E-state index in [0.29, 0.717) is 34.5 Å². The summed E-state index contributed by atoms with van der Waals surface area (Å²) in [6, 6.07) is 3.31. The van der Waals surface area contributed by atoms with Gasteiger partial charge < -0.3 is 19.6 Å². The lowest BCUT2D eigenvalue weighted by Crippen LogP contribution is -2.02. The number of aromatic amines is 1.